The SMILES string of the molecule is CCCOc1c(C)cc(-c2ccc(C(=O)O)c(Cl)c2)cc1C. The van der Waals surface area contributed by atoms with Crippen LogP contribution in [0.15, 0.2) is 30.3 Å². The molecule has 2 aromatic carbocycles. The van der Waals surface area contributed by atoms with Crippen LogP contribution in [0.1, 0.15) is 34.8 Å². The molecular weight excluding hydrogens is 300 g/mol. The van der Waals surface area contributed by atoms with E-state index in [1.807, 2.05) is 26.0 Å². The first-order chi connectivity index (χ1) is 10.4. The smallest absolute Gasteiger partial charge is 0.337 e. The third-order valence-electron chi connectivity index (χ3n) is 3.44. The number of carbonyl (C=O) groups is 1. The fourth-order valence-electron chi connectivity index (χ4n) is 2.42. The number of ether oxygens (including phenoxy) is 1. The number of halogens is 1. The molecule has 0 aliphatic heterocycles. The van der Waals surface area contributed by atoms with E-state index in [1.165, 1.54) is 6.07 Å². The lowest BCUT2D eigenvalue weighted by Gasteiger charge is -2.14. The average Bonchev–Trinajstić information content (AvgIpc) is 2.45. The molecule has 0 amide bonds. The molecular formula is C18H19ClO3. The van der Waals surface area contributed by atoms with Crippen molar-refractivity contribution in [3.05, 3.63) is 52.0 Å². The number of carboxylic acids is 1. The molecule has 0 fully saturated rings. The molecule has 0 bridgehead atoms. The molecule has 0 heterocycles. The molecule has 2 rings (SSSR count). The second-order valence-corrected chi connectivity index (χ2v) is 5.69. The molecule has 3 nitrogen and oxygen atoms in total. The lowest BCUT2D eigenvalue weighted by atomic mass is 9.99. The second kappa shape index (κ2) is 6.84. The van der Waals surface area contributed by atoms with Crippen LogP contribution in [0.25, 0.3) is 11.1 Å². The number of carboxylic acid groups (broad SMARTS) is 1. The zero-order chi connectivity index (χ0) is 16.3. The lowest BCUT2D eigenvalue weighted by molar-refractivity contribution is 0.0697. The highest BCUT2D eigenvalue weighted by atomic mass is 35.5. The van der Waals surface area contributed by atoms with Crippen LogP contribution in [-0.2, 0) is 0 Å². The summed E-state index contributed by atoms with van der Waals surface area (Å²) in [7, 11) is 0. The molecule has 0 atom stereocenters. The molecule has 0 spiro atoms. The Morgan fingerprint density at radius 3 is 2.27 bits per heavy atom. The maximum Gasteiger partial charge on any atom is 0.337 e. The van der Waals surface area contributed by atoms with E-state index in [-0.39, 0.29) is 10.6 Å². The van der Waals surface area contributed by atoms with Crippen LogP contribution in [0.2, 0.25) is 5.02 Å². The van der Waals surface area contributed by atoms with Crippen LogP contribution >= 0.6 is 11.6 Å². The Morgan fingerprint density at radius 2 is 1.77 bits per heavy atom. The van der Waals surface area contributed by atoms with E-state index < -0.39 is 5.97 Å². The van der Waals surface area contributed by atoms with Crippen molar-refractivity contribution in [1.82, 2.24) is 0 Å². The second-order valence-electron chi connectivity index (χ2n) is 5.29. The van der Waals surface area contributed by atoms with Crippen LogP contribution in [0.4, 0.5) is 0 Å². The predicted octanol–water partition coefficient (Wildman–Crippen LogP) is 5.11. The van der Waals surface area contributed by atoms with Gasteiger partial charge in [-0.25, -0.2) is 4.79 Å². The number of hydrogen-bond acceptors (Lipinski definition) is 2. The van der Waals surface area contributed by atoms with Crippen molar-refractivity contribution < 1.29 is 14.6 Å². The van der Waals surface area contributed by atoms with Gasteiger partial charge in [-0.2, -0.15) is 0 Å². The average molecular weight is 319 g/mol. The molecule has 0 unspecified atom stereocenters. The first-order valence-electron chi connectivity index (χ1n) is 7.21. The Balaban J connectivity index is 2.41. The van der Waals surface area contributed by atoms with Gasteiger partial charge in [-0.1, -0.05) is 24.6 Å². The fourth-order valence-corrected chi connectivity index (χ4v) is 2.68. The third-order valence-corrected chi connectivity index (χ3v) is 3.76. The molecule has 116 valence electrons. The Labute approximate surface area is 135 Å². The highest BCUT2D eigenvalue weighted by Crippen LogP contribution is 2.32. The van der Waals surface area contributed by atoms with Gasteiger partial charge in [0, 0.05) is 0 Å². The van der Waals surface area contributed by atoms with E-state index in [0.717, 1.165) is 34.4 Å². The van der Waals surface area contributed by atoms with Crippen LogP contribution in [-0.4, -0.2) is 17.7 Å². The molecule has 0 aromatic heterocycles. The summed E-state index contributed by atoms with van der Waals surface area (Å²) in [6.07, 6.45) is 0.965. The van der Waals surface area contributed by atoms with Crippen LogP contribution in [0.3, 0.4) is 0 Å². The Kier molecular flexibility index (Phi) is 5.09. The molecule has 0 saturated carbocycles. The minimum atomic E-state index is -1.02. The van der Waals surface area contributed by atoms with Gasteiger partial charge in [0.15, 0.2) is 0 Å². The van der Waals surface area contributed by atoms with Crippen molar-refractivity contribution >= 4 is 17.6 Å². The predicted molar refractivity (Wildman–Crippen MR) is 89.1 cm³/mol. The normalized spacial score (nSPS) is 10.5. The highest BCUT2D eigenvalue weighted by molar-refractivity contribution is 6.33. The zero-order valence-electron chi connectivity index (χ0n) is 12.9. The van der Waals surface area contributed by atoms with E-state index in [0.29, 0.717) is 6.61 Å². The van der Waals surface area contributed by atoms with Crippen molar-refractivity contribution in [2.75, 3.05) is 6.61 Å². The molecule has 22 heavy (non-hydrogen) atoms. The number of hydrogen-bond donors (Lipinski definition) is 1. The maximum absolute atomic E-state index is 11.0. The molecule has 0 saturated heterocycles. The minimum absolute atomic E-state index is 0.113. The summed E-state index contributed by atoms with van der Waals surface area (Å²) < 4.78 is 5.78. The summed E-state index contributed by atoms with van der Waals surface area (Å²) in [5, 5.41) is 9.28. The van der Waals surface area contributed by atoms with Gasteiger partial charge in [-0.15, -0.1) is 0 Å². The summed E-state index contributed by atoms with van der Waals surface area (Å²) in [5.41, 5.74) is 4.12. The van der Waals surface area contributed by atoms with Crippen molar-refractivity contribution in [2.24, 2.45) is 0 Å². The molecule has 0 aliphatic rings. The number of benzene rings is 2. The minimum Gasteiger partial charge on any atom is -0.493 e. The van der Waals surface area contributed by atoms with Gasteiger partial charge >= 0.3 is 5.97 Å². The van der Waals surface area contributed by atoms with Gasteiger partial charge in [0.2, 0.25) is 0 Å². The zero-order valence-corrected chi connectivity index (χ0v) is 13.7. The number of aromatic carboxylic acids is 1. The molecule has 0 radical (unpaired) electrons. The van der Waals surface area contributed by atoms with E-state index in [1.54, 1.807) is 12.1 Å². The number of aryl methyl sites for hydroxylation is 2. The van der Waals surface area contributed by atoms with Crippen LogP contribution in [0.5, 0.6) is 5.75 Å². The molecule has 0 aliphatic carbocycles. The van der Waals surface area contributed by atoms with Crippen molar-refractivity contribution in [3.63, 3.8) is 0 Å². The first-order valence-corrected chi connectivity index (χ1v) is 7.59. The van der Waals surface area contributed by atoms with E-state index in [9.17, 15) is 4.79 Å². The van der Waals surface area contributed by atoms with Crippen LogP contribution in [0, 0.1) is 13.8 Å². The fraction of sp³-hybridized carbons (Fsp3) is 0.278. The highest BCUT2D eigenvalue weighted by Gasteiger charge is 2.12. The topological polar surface area (TPSA) is 46.5 Å². The van der Waals surface area contributed by atoms with Gasteiger partial charge in [0.1, 0.15) is 5.75 Å². The Bertz CT molecular complexity index is 684. The standard InChI is InChI=1S/C18H19ClO3/c1-4-7-22-17-11(2)8-14(9-12(17)3)13-5-6-15(18(20)21)16(19)10-13/h5-6,8-10H,4,7H2,1-3H3,(H,20,21). The van der Waals surface area contributed by atoms with Gasteiger partial charge in [-0.05, 0) is 66.8 Å². The van der Waals surface area contributed by atoms with Gasteiger partial charge in [-0.3, -0.25) is 0 Å². The third kappa shape index (κ3) is 3.42. The summed E-state index contributed by atoms with van der Waals surface area (Å²) in [4.78, 5) is 11.0. The van der Waals surface area contributed by atoms with Crippen molar-refractivity contribution in [3.8, 4) is 16.9 Å². The quantitative estimate of drug-likeness (QED) is 0.833. The van der Waals surface area contributed by atoms with Crippen LogP contribution < -0.4 is 4.74 Å². The van der Waals surface area contributed by atoms with E-state index in [2.05, 4.69) is 6.92 Å². The molecule has 1 N–H and O–H groups in total. The summed E-state index contributed by atoms with van der Waals surface area (Å²) >= 11 is 6.05. The molecule has 2 aromatic rings. The van der Waals surface area contributed by atoms with Crippen molar-refractivity contribution in [2.45, 2.75) is 27.2 Å². The first kappa shape index (κ1) is 16.4. The van der Waals surface area contributed by atoms with Gasteiger partial charge in [0.25, 0.3) is 0 Å². The number of rotatable bonds is 5. The summed E-state index contributed by atoms with van der Waals surface area (Å²) in [6, 6.07) is 9.06. The van der Waals surface area contributed by atoms with Gasteiger partial charge < -0.3 is 9.84 Å². The Morgan fingerprint density at radius 1 is 1.14 bits per heavy atom. The summed E-state index contributed by atoms with van der Waals surface area (Å²) in [6.45, 7) is 6.79. The maximum atomic E-state index is 11.0. The van der Waals surface area contributed by atoms with Gasteiger partial charge in [0.05, 0.1) is 17.2 Å². The largest absolute Gasteiger partial charge is 0.493 e. The van der Waals surface area contributed by atoms with Crippen molar-refractivity contribution in [1.29, 1.82) is 0 Å². The summed E-state index contributed by atoms with van der Waals surface area (Å²) in [5.74, 6) is -0.105. The monoisotopic (exact) mass is 318 g/mol. The lowest BCUT2D eigenvalue weighted by Crippen LogP contribution is -2.00. The Hall–Kier alpha value is -2.00. The van der Waals surface area contributed by atoms with E-state index in [4.69, 9.17) is 21.4 Å². The molecule has 4 heteroatoms. The van der Waals surface area contributed by atoms with E-state index >= 15 is 0 Å².